The average Bonchev–Trinajstić information content (AvgIpc) is 3.74. The molecule has 0 heterocycles. The predicted octanol–water partition coefficient (Wildman–Crippen LogP) is 15.6. The average molecular weight is 878 g/mol. The third-order valence-corrected chi connectivity index (χ3v) is 25.2. The molecule has 11 aliphatic rings. The summed E-state index contributed by atoms with van der Waals surface area (Å²) in [5, 5.41) is 0.747. The SMILES string of the molecule is CC1(C)C2CCCCC2C2CCC(N(C3CCCC(Cl)C3)C3CCC4C5CCC(N(C6CCC7C8CCCCC8C(C)(C)C7C6)C6CCCCC6Cl)CC5C(C)(C)C4C3)CC21. The van der Waals surface area contributed by atoms with Crippen LogP contribution in [0.25, 0.3) is 0 Å². The van der Waals surface area contributed by atoms with E-state index in [4.69, 9.17) is 23.2 Å². The fraction of sp³-hybridized carbons (Fsp3) is 1.00. The lowest BCUT2D eigenvalue weighted by Crippen LogP contribution is -2.57. The van der Waals surface area contributed by atoms with E-state index in [-0.39, 0.29) is 0 Å². The Labute approximate surface area is 386 Å². The topological polar surface area (TPSA) is 6.48 Å². The molecular formula is C57H94Cl2N2. The van der Waals surface area contributed by atoms with Crippen molar-refractivity contribution in [2.75, 3.05) is 0 Å². The second-order valence-corrected chi connectivity index (χ2v) is 28.4. The molecule has 61 heavy (non-hydrogen) atoms. The van der Waals surface area contributed by atoms with E-state index >= 15 is 0 Å². The minimum atomic E-state index is 0.357. The highest BCUT2D eigenvalue weighted by molar-refractivity contribution is 6.21. The van der Waals surface area contributed by atoms with Crippen molar-refractivity contribution in [1.29, 1.82) is 0 Å². The maximum absolute atomic E-state index is 7.55. The molecule has 0 aliphatic heterocycles. The number of alkyl halides is 2. The van der Waals surface area contributed by atoms with Gasteiger partial charge in [0.2, 0.25) is 0 Å². The van der Waals surface area contributed by atoms with Crippen molar-refractivity contribution in [3.05, 3.63) is 0 Å². The van der Waals surface area contributed by atoms with Gasteiger partial charge in [-0.25, -0.2) is 0 Å². The molecule has 4 heteroatoms. The molecule has 2 nitrogen and oxygen atoms in total. The highest BCUT2D eigenvalue weighted by Crippen LogP contribution is 2.68. The van der Waals surface area contributed by atoms with Crippen molar-refractivity contribution in [2.24, 2.45) is 87.3 Å². The van der Waals surface area contributed by atoms with Gasteiger partial charge in [-0.2, -0.15) is 0 Å². The van der Waals surface area contributed by atoms with Gasteiger partial charge in [-0.05, 0) is 222 Å². The summed E-state index contributed by atoms with van der Waals surface area (Å²) in [6.07, 6.45) is 40.5. The smallest absolute Gasteiger partial charge is 0.0491 e. The number of hydrogen-bond acceptors (Lipinski definition) is 2. The molecule has 11 fully saturated rings. The third kappa shape index (κ3) is 7.38. The van der Waals surface area contributed by atoms with Gasteiger partial charge in [-0.1, -0.05) is 86.5 Å². The van der Waals surface area contributed by atoms with E-state index in [1.165, 1.54) is 180 Å². The molecule has 0 bridgehead atoms. The molecule has 346 valence electrons. The molecule has 11 rings (SSSR count). The largest absolute Gasteiger partial charge is 0.294 e. The van der Waals surface area contributed by atoms with Gasteiger partial charge in [0.15, 0.2) is 0 Å². The van der Waals surface area contributed by atoms with Gasteiger partial charge in [-0.15, -0.1) is 23.2 Å². The molecule has 0 spiro atoms. The van der Waals surface area contributed by atoms with E-state index in [1.807, 2.05) is 0 Å². The maximum atomic E-state index is 7.55. The van der Waals surface area contributed by atoms with Crippen molar-refractivity contribution in [3.63, 3.8) is 0 Å². The Hall–Kier alpha value is 0.500. The van der Waals surface area contributed by atoms with Crippen molar-refractivity contribution in [3.8, 4) is 0 Å². The van der Waals surface area contributed by atoms with Gasteiger partial charge >= 0.3 is 0 Å². The van der Waals surface area contributed by atoms with E-state index in [1.54, 1.807) is 0 Å². The zero-order valence-corrected chi connectivity index (χ0v) is 42.0. The summed E-state index contributed by atoms with van der Waals surface area (Å²) in [5.41, 5.74) is 1.48. The lowest BCUT2D eigenvalue weighted by atomic mass is 9.65. The van der Waals surface area contributed by atoms with Crippen LogP contribution >= 0.6 is 23.2 Å². The lowest BCUT2D eigenvalue weighted by Gasteiger charge is -2.53. The number of halogens is 2. The van der Waals surface area contributed by atoms with E-state index < -0.39 is 0 Å². The zero-order valence-electron chi connectivity index (χ0n) is 40.5. The summed E-state index contributed by atoms with van der Waals surface area (Å²) in [6.45, 7) is 16.6. The van der Waals surface area contributed by atoms with Crippen LogP contribution in [0.15, 0.2) is 0 Å². The summed E-state index contributed by atoms with van der Waals surface area (Å²) >= 11 is 14.7. The molecule has 20 atom stereocenters. The van der Waals surface area contributed by atoms with Crippen LogP contribution in [0.2, 0.25) is 0 Å². The quantitative estimate of drug-likeness (QED) is 0.245. The summed E-state index contributed by atoms with van der Waals surface area (Å²) in [7, 11) is 0. The minimum Gasteiger partial charge on any atom is -0.294 e. The maximum Gasteiger partial charge on any atom is 0.0491 e. The normalized spacial score (nSPS) is 52.4. The molecule has 0 radical (unpaired) electrons. The predicted molar refractivity (Wildman–Crippen MR) is 258 cm³/mol. The van der Waals surface area contributed by atoms with Gasteiger partial charge in [0.1, 0.15) is 0 Å². The Balaban J connectivity index is 0.835. The first-order valence-electron chi connectivity index (χ1n) is 28.2. The standard InChI is InChI=1S/C57H94Cl2N2/c1-55(2)47-18-9-7-16-41(47)43-26-22-37(31-49(43)55)60(36-15-13-14-35(58)30-36)38-23-27-45-46-29-25-40(34-52(46)57(5,6)51(45)32-38)61(54-21-12-11-20-53(54)59)39-24-28-44-42-17-8-10-19-48(42)56(3,4)50(44)33-39/h35-54H,7-34H2,1-6H3. The van der Waals surface area contributed by atoms with Crippen LogP contribution in [-0.4, -0.2) is 56.8 Å². The molecule has 0 aromatic heterocycles. The fourth-order valence-corrected chi connectivity index (χ4v) is 22.5. The van der Waals surface area contributed by atoms with E-state index in [0.29, 0.717) is 33.0 Å². The van der Waals surface area contributed by atoms with Crippen LogP contribution in [-0.2, 0) is 0 Å². The highest BCUT2D eigenvalue weighted by atomic mass is 35.5. The molecule has 0 aromatic rings. The Kier molecular flexibility index (Phi) is 12.2. The van der Waals surface area contributed by atoms with Gasteiger partial charge < -0.3 is 0 Å². The first-order chi connectivity index (χ1) is 29.3. The van der Waals surface area contributed by atoms with Gasteiger partial charge in [0.25, 0.3) is 0 Å². The first kappa shape index (κ1) is 44.0. The first-order valence-corrected chi connectivity index (χ1v) is 29.0. The molecule has 20 unspecified atom stereocenters. The van der Waals surface area contributed by atoms with E-state index in [0.717, 1.165) is 101 Å². The Morgan fingerprint density at radius 3 is 1.11 bits per heavy atom. The van der Waals surface area contributed by atoms with Crippen LogP contribution in [0.4, 0.5) is 0 Å². The fourth-order valence-electron chi connectivity index (χ4n) is 21.8. The van der Waals surface area contributed by atoms with Crippen molar-refractivity contribution in [2.45, 2.75) is 268 Å². The Morgan fingerprint density at radius 2 is 0.672 bits per heavy atom. The van der Waals surface area contributed by atoms with E-state index in [9.17, 15) is 0 Å². The van der Waals surface area contributed by atoms with Crippen LogP contribution in [0, 0.1) is 87.3 Å². The van der Waals surface area contributed by atoms with Crippen LogP contribution in [0.1, 0.15) is 221 Å². The van der Waals surface area contributed by atoms with Gasteiger partial charge in [-0.3, -0.25) is 9.80 Å². The molecule has 0 N–H and O–H groups in total. The summed E-state index contributed by atoms with van der Waals surface area (Å²) < 4.78 is 0. The molecule has 0 amide bonds. The summed E-state index contributed by atoms with van der Waals surface area (Å²) in [5.74, 6) is 11.6. The van der Waals surface area contributed by atoms with Crippen LogP contribution in [0.5, 0.6) is 0 Å². The lowest BCUT2D eigenvalue weighted by molar-refractivity contribution is -0.0343. The zero-order chi connectivity index (χ0) is 42.0. The van der Waals surface area contributed by atoms with E-state index in [2.05, 4.69) is 51.3 Å². The Morgan fingerprint density at radius 1 is 0.311 bits per heavy atom. The molecule has 0 saturated heterocycles. The minimum absolute atomic E-state index is 0.357. The second kappa shape index (κ2) is 16.9. The van der Waals surface area contributed by atoms with Crippen LogP contribution in [0.3, 0.4) is 0 Å². The van der Waals surface area contributed by atoms with Gasteiger partial charge in [0, 0.05) is 47.0 Å². The molecule has 0 aromatic carbocycles. The number of hydrogen-bond donors (Lipinski definition) is 0. The monoisotopic (exact) mass is 877 g/mol. The van der Waals surface area contributed by atoms with Crippen LogP contribution < -0.4 is 0 Å². The highest BCUT2D eigenvalue weighted by Gasteiger charge is 2.62. The van der Waals surface area contributed by atoms with Crippen molar-refractivity contribution >= 4 is 23.2 Å². The number of rotatable bonds is 6. The Bertz CT molecular complexity index is 1540. The molecule has 11 saturated carbocycles. The second-order valence-electron chi connectivity index (χ2n) is 27.2. The molecule has 11 aliphatic carbocycles. The number of fused-ring (bicyclic) bond motifs is 9. The summed E-state index contributed by atoms with van der Waals surface area (Å²) in [4.78, 5) is 6.58. The molecular weight excluding hydrogens is 784 g/mol. The number of nitrogens with zero attached hydrogens (tertiary/aromatic N) is 2. The third-order valence-electron chi connectivity index (χ3n) is 24.2. The summed E-state index contributed by atoms with van der Waals surface area (Å²) in [6, 6.07) is 4.42. The van der Waals surface area contributed by atoms with Crippen molar-refractivity contribution < 1.29 is 0 Å². The van der Waals surface area contributed by atoms with Crippen molar-refractivity contribution in [1.82, 2.24) is 9.80 Å². The van der Waals surface area contributed by atoms with Gasteiger partial charge in [0.05, 0.1) is 0 Å².